The quantitative estimate of drug-likeness (QED) is 0.353. The molecule has 14 heteroatoms. The first-order valence-corrected chi connectivity index (χ1v) is 6.18. The van der Waals surface area contributed by atoms with Crippen LogP contribution in [0.15, 0.2) is 0 Å². The smallest absolute Gasteiger partial charge is 4.00 e. The second kappa shape index (κ2) is 24.3. The third-order valence-corrected chi connectivity index (χ3v) is 0. The van der Waals surface area contributed by atoms with Gasteiger partial charge in [-0.1, -0.05) is 0 Å². The Morgan fingerprint density at radius 3 is 0.571 bits per heavy atom. The van der Waals surface area contributed by atoms with E-state index < -0.39 is 44.3 Å². The van der Waals surface area contributed by atoms with Crippen LogP contribution in [-0.2, 0) is 94.4 Å². The Balaban J connectivity index is -0.0000000270. The van der Waals surface area contributed by atoms with Gasteiger partial charge in [-0.15, -0.1) is 0 Å². The minimum absolute atomic E-state index is 0. The monoisotopic (exact) mass is 404 g/mol. The van der Waals surface area contributed by atoms with Crippen LogP contribution in [0.4, 0.5) is 0 Å². The fourth-order valence-corrected chi connectivity index (χ4v) is 0. The summed E-state index contributed by atoms with van der Waals surface area (Å²) < 4.78 is 76.9. The Bertz CT molecular complexity index is 118. The van der Waals surface area contributed by atoms with Crippen LogP contribution < -0.4 is 24.9 Å². The molecule has 9 nitrogen and oxygen atoms in total. The van der Waals surface area contributed by atoms with E-state index in [9.17, 15) is 0 Å². The maximum Gasteiger partial charge on any atom is 4.00 e. The summed E-state index contributed by atoms with van der Waals surface area (Å²) in [4.78, 5) is 0. The van der Waals surface area contributed by atoms with Crippen molar-refractivity contribution in [2.75, 3.05) is 0 Å². The van der Waals surface area contributed by atoms with Crippen molar-refractivity contribution in [3.05, 3.63) is 0 Å². The van der Waals surface area contributed by atoms with E-state index in [1.807, 2.05) is 0 Å². The van der Waals surface area contributed by atoms with Gasteiger partial charge in [0.15, 0.2) is 0 Å². The van der Waals surface area contributed by atoms with Crippen LogP contribution in [0.3, 0.4) is 0 Å². The number of hydrogen-bond acceptors (Lipinski definition) is 9. The van der Waals surface area contributed by atoms with Crippen LogP contribution in [-0.4, -0.2) is 0 Å². The maximum atomic E-state index is 8.54. The van der Waals surface area contributed by atoms with Crippen molar-refractivity contribution >= 4 is 0 Å². The molecule has 0 aliphatic carbocycles. The second-order valence-electron chi connectivity index (χ2n) is 0.612. The first kappa shape index (κ1) is 29.7. The third kappa shape index (κ3) is 596. The predicted molar refractivity (Wildman–Crippen MR) is 2.06 cm³/mol. The predicted octanol–water partition coefficient (Wildman–Crippen LogP) is -7.50. The molecule has 0 saturated carbocycles. The van der Waals surface area contributed by atoms with Gasteiger partial charge in [0.05, 0.1) is 0 Å². The van der Waals surface area contributed by atoms with Gasteiger partial charge in [-0.3, -0.25) is 0 Å². The van der Waals surface area contributed by atoms with E-state index in [1.165, 1.54) is 0 Å². The molecule has 0 heterocycles. The molecule has 0 fully saturated rings. The summed E-state index contributed by atoms with van der Waals surface area (Å²) in [7, 11) is 0. The standard InChI is InChI=1S/3Cr.Fe.9O.Ti/q;;;+2;;;;6*-1;+4. The average Bonchev–Trinajstić information content (AvgIpc) is 1.54. The van der Waals surface area contributed by atoms with Gasteiger partial charge < -0.3 is 0 Å². The zero-order chi connectivity index (χ0) is 10.7. The summed E-state index contributed by atoms with van der Waals surface area (Å²) >= 11 is -11.4. The van der Waals surface area contributed by atoms with Gasteiger partial charge in [-0.05, 0) is 0 Å². The molecular formula is Cr3FeO9Ti. The Morgan fingerprint density at radius 2 is 0.571 bits per heavy atom. The van der Waals surface area contributed by atoms with Crippen LogP contribution in [0, 0.1) is 0 Å². The van der Waals surface area contributed by atoms with Gasteiger partial charge in [0.25, 0.3) is 0 Å². The van der Waals surface area contributed by atoms with E-state index in [0.717, 1.165) is 0 Å². The average molecular weight is 404 g/mol. The van der Waals surface area contributed by atoms with Gasteiger partial charge in [0, 0.05) is 0 Å². The van der Waals surface area contributed by atoms with E-state index in [0.29, 0.717) is 0 Å². The molecule has 0 spiro atoms. The first-order valence-electron chi connectivity index (χ1n) is 1.50. The normalized spacial score (nSPS) is 7.50. The van der Waals surface area contributed by atoms with Crippen molar-refractivity contribution in [3.63, 3.8) is 0 Å². The summed E-state index contributed by atoms with van der Waals surface area (Å²) in [6.45, 7) is 0. The first-order chi connectivity index (χ1) is 5.20. The molecule has 14 heavy (non-hydrogen) atoms. The van der Waals surface area contributed by atoms with Crippen molar-refractivity contribution in [1.82, 2.24) is 0 Å². The molecule has 0 N–H and O–H groups in total. The maximum absolute atomic E-state index is 8.54. The largest absolute Gasteiger partial charge is 4.00 e. The van der Waals surface area contributed by atoms with Crippen molar-refractivity contribution in [3.8, 4) is 0 Å². The SMILES string of the molecule is [Fe+2].[O]=[Cr]([O-])[O-].[O]=[Cr]([O-])[O-].[O]=[Cr]([O-])[O-].[Ti+4]. The van der Waals surface area contributed by atoms with E-state index in [1.54, 1.807) is 0 Å². The van der Waals surface area contributed by atoms with E-state index in [4.69, 9.17) is 36.4 Å². The molecule has 0 aliphatic heterocycles. The minimum Gasteiger partial charge on any atom is 4.00 e. The molecule has 0 aromatic rings. The molecule has 0 saturated heterocycles. The van der Waals surface area contributed by atoms with Gasteiger partial charge >= 0.3 is 119 Å². The molecule has 0 aromatic carbocycles. The van der Waals surface area contributed by atoms with Crippen LogP contribution in [0.25, 0.3) is 0 Å². The summed E-state index contributed by atoms with van der Waals surface area (Å²) in [5.41, 5.74) is 0. The molecule has 0 radical (unpaired) electrons. The van der Waals surface area contributed by atoms with Crippen LogP contribution in [0.1, 0.15) is 0 Å². The van der Waals surface area contributed by atoms with E-state index >= 15 is 0 Å². The molecule has 0 aromatic heterocycles. The Hall–Kier alpha value is 1.99. The molecule has 0 bridgehead atoms. The van der Waals surface area contributed by atoms with Gasteiger partial charge in [0.2, 0.25) is 0 Å². The molecule has 0 unspecified atom stereocenters. The minimum atomic E-state index is -3.79. The third-order valence-electron chi connectivity index (χ3n) is 0. The summed E-state index contributed by atoms with van der Waals surface area (Å²) in [5, 5.41) is 0. The molecule has 0 rings (SSSR count). The van der Waals surface area contributed by atoms with Crippen molar-refractivity contribution in [2.45, 2.75) is 0 Å². The Labute approximate surface area is 118 Å². The number of hydrogen-bond donors (Lipinski definition) is 0. The Morgan fingerprint density at radius 1 is 0.571 bits per heavy atom. The molecular weight excluding hydrogens is 404 g/mol. The summed E-state index contributed by atoms with van der Waals surface area (Å²) in [5.74, 6) is 0. The van der Waals surface area contributed by atoms with Crippen LogP contribution >= 0.6 is 0 Å². The zero-order valence-corrected chi connectivity index (χ0v) is 12.2. The molecule has 0 aliphatic rings. The van der Waals surface area contributed by atoms with Gasteiger partial charge in [-0.25, -0.2) is 0 Å². The van der Waals surface area contributed by atoms with Gasteiger partial charge in [0.1, 0.15) is 0 Å². The molecule has 0 atom stereocenters. The van der Waals surface area contributed by atoms with Crippen molar-refractivity contribution in [2.24, 2.45) is 0 Å². The van der Waals surface area contributed by atoms with E-state index in [-0.39, 0.29) is 38.8 Å². The van der Waals surface area contributed by atoms with Crippen LogP contribution in [0.5, 0.6) is 0 Å². The zero-order valence-electron chi connectivity index (χ0n) is 5.75. The molecule has 84 valence electrons. The fourth-order valence-electron chi connectivity index (χ4n) is 0. The fraction of sp³-hybridized carbons (Fsp3) is 0. The Kier molecular flexibility index (Phi) is 51.6. The van der Waals surface area contributed by atoms with Crippen molar-refractivity contribution < 1.29 is 119 Å². The van der Waals surface area contributed by atoms with Crippen LogP contribution in [0.2, 0.25) is 0 Å². The van der Waals surface area contributed by atoms with Crippen molar-refractivity contribution in [1.29, 1.82) is 0 Å². The summed E-state index contributed by atoms with van der Waals surface area (Å²) in [6, 6.07) is 0. The van der Waals surface area contributed by atoms with E-state index in [2.05, 4.69) is 0 Å². The second-order valence-corrected chi connectivity index (χ2v) is 2.52. The summed E-state index contributed by atoms with van der Waals surface area (Å²) in [6.07, 6.45) is 0. The molecule has 0 amide bonds. The van der Waals surface area contributed by atoms with Gasteiger partial charge in [-0.2, -0.15) is 0 Å². The number of rotatable bonds is 0. The topological polar surface area (TPSA) is 190 Å².